The molecule has 0 amide bonds. The Hall–Kier alpha value is 0.0600. The molecular weight excluding hydrogens is 312 g/mol. The summed E-state index contributed by atoms with van der Waals surface area (Å²) in [4.78, 5) is 3.88. The number of piperidine rings is 1. The van der Waals surface area contributed by atoms with Crippen molar-refractivity contribution in [3.8, 4) is 0 Å². The molecule has 1 aromatic heterocycles. The largest absolute Gasteiger partial charge is 0.384 e. The maximum Gasteiger partial charge on any atom is 0.0564 e. The van der Waals surface area contributed by atoms with Crippen LogP contribution in [0.25, 0.3) is 0 Å². The normalized spacial score (nSPS) is 23.2. The Bertz CT molecular complexity index is 370. The fraction of sp³-hybridized carbons (Fsp3) is 0.692. The summed E-state index contributed by atoms with van der Waals surface area (Å²) in [6.07, 6.45) is 2.52. The van der Waals surface area contributed by atoms with E-state index in [1.165, 1.54) is 17.7 Å². The minimum absolute atomic E-state index is 0.362. The maximum atomic E-state index is 5.98. The van der Waals surface area contributed by atoms with E-state index >= 15 is 0 Å². The van der Waals surface area contributed by atoms with Crippen LogP contribution < -0.4 is 5.73 Å². The van der Waals surface area contributed by atoms with Gasteiger partial charge in [-0.2, -0.15) is 0 Å². The number of nitrogens with two attached hydrogens (primary N) is 1. The van der Waals surface area contributed by atoms with E-state index in [0.717, 1.165) is 24.2 Å². The van der Waals surface area contributed by atoms with Gasteiger partial charge in [-0.3, -0.25) is 4.90 Å². The number of halogens is 1. The molecule has 3 nitrogen and oxygen atoms in total. The van der Waals surface area contributed by atoms with E-state index in [1.54, 1.807) is 18.4 Å². The third-order valence-corrected chi connectivity index (χ3v) is 5.33. The van der Waals surface area contributed by atoms with Crippen LogP contribution >= 0.6 is 27.3 Å². The van der Waals surface area contributed by atoms with Gasteiger partial charge >= 0.3 is 0 Å². The van der Waals surface area contributed by atoms with Crippen LogP contribution in [0.5, 0.6) is 0 Å². The van der Waals surface area contributed by atoms with Crippen LogP contribution in [0.1, 0.15) is 23.8 Å². The fourth-order valence-corrected chi connectivity index (χ4v) is 4.29. The van der Waals surface area contributed by atoms with E-state index in [2.05, 4.69) is 32.3 Å². The molecule has 0 radical (unpaired) electrons. The lowest BCUT2D eigenvalue weighted by Gasteiger charge is -2.37. The van der Waals surface area contributed by atoms with E-state index in [9.17, 15) is 0 Å². The van der Waals surface area contributed by atoms with Gasteiger partial charge in [0.05, 0.1) is 12.6 Å². The first kappa shape index (κ1) is 14.5. The Morgan fingerprint density at radius 1 is 1.67 bits per heavy atom. The van der Waals surface area contributed by atoms with Gasteiger partial charge in [-0.15, -0.1) is 11.3 Å². The molecule has 18 heavy (non-hydrogen) atoms. The molecule has 2 N–H and O–H groups in total. The molecule has 0 saturated carbocycles. The van der Waals surface area contributed by atoms with Crippen molar-refractivity contribution in [3.05, 3.63) is 20.8 Å². The van der Waals surface area contributed by atoms with Crippen LogP contribution in [-0.2, 0) is 4.74 Å². The second kappa shape index (κ2) is 7.01. The number of likely N-dealkylation sites (tertiary alicyclic amines) is 1. The molecule has 1 aliphatic rings. The quantitative estimate of drug-likeness (QED) is 0.900. The number of hydrogen-bond acceptors (Lipinski definition) is 4. The molecule has 2 unspecified atom stereocenters. The number of methoxy groups -OCH3 is 1. The Morgan fingerprint density at radius 2 is 2.50 bits per heavy atom. The Labute approximate surface area is 121 Å². The second-order valence-corrected chi connectivity index (χ2v) is 6.74. The summed E-state index contributed by atoms with van der Waals surface area (Å²) in [5.41, 5.74) is 5.98. The zero-order chi connectivity index (χ0) is 13.0. The first-order chi connectivity index (χ1) is 8.74. The predicted molar refractivity (Wildman–Crippen MR) is 80.0 cm³/mol. The van der Waals surface area contributed by atoms with Crippen LogP contribution in [0.15, 0.2) is 15.9 Å². The van der Waals surface area contributed by atoms with E-state index < -0.39 is 0 Å². The van der Waals surface area contributed by atoms with Gasteiger partial charge in [-0.05, 0) is 47.3 Å². The predicted octanol–water partition coefficient (Wildman–Crippen LogP) is 2.87. The first-order valence-corrected chi connectivity index (χ1v) is 8.08. The average Bonchev–Trinajstić information content (AvgIpc) is 2.78. The number of thiophene rings is 1. The number of hydrogen-bond donors (Lipinski definition) is 1. The van der Waals surface area contributed by atoms with Crippen LogP contribution in [0.4, 0.5) is 0 Å². The zero-order valence-corrected chi connectivity index (χ0v) is 13.2. The molecule has 0 aromatic carbocycles. The highest BCUT2D eigenvalue weighted by Crippen LogP contribution is 2.31. The highest BCUT2D eigenvalue weighted by molar-refractivity contribution is 9.10. The molecule has 2 heterocycles. The third kappa shape index (κ3) is 3.54. The molecule has 2 rings (SSSR count). The molecule has 1 aromatic rings. The number of nitrogens with zero attached hydrogens (tertiary/aromatic N) is 1. The molecular formula is C13H21BrN2OS. The second-order valence-electron chi connectivity index (χ2n) is 4.88. The molecule has 5 heteroatoms. The summed E-state index contributed by atoms with van der Waals surface area (Å²) >= 11 is 5.31. The lowest BCUT2D eigenvalue weighted by Crippen LogP contribution is -2.41. The Balaban J connectivity index is 2.03. The molecule has 1 aliphatic heterocycles. The van der Waals surface area contributed by atoms with Crippen LogP contribution in [-0.4, -0.2) is 38.3 Å². The molecule has 102 valence electrons. The summed E-state index contributed by atoms with van der Waals surface area (Å²) in [6, 6.07) is 2.56. The number of ether oxygens (including phenoxy) is 1. The van der Waals surface area contributed by atoms with Gasteiger partial charge in [0.2, 0.25) is 0 Å². The van der Waals surface area contributed by atoms with E-state index in [1.807, 2.05) is 0 Å². The molecule has 0 spiro atoms. The van der Waals surface area contributed by atoms with Gasteiger partial charge < -0.3 is 10.5 Å². The van der Waals surface area contributed by atoms with Crippen LogP contribution in [0, 0.1) is 5.92 Å². The summed E-state index contributed by atoms with van der Waals surface area (Å²) in [5.74, 6) is 0.654. The van der Waals surface area contributed by atoms with Crippen molar-refractivity contribution in [2.24, 2.45) is 11.7 Å². The van der Waals surface area contributed by atoms with Crippen molar-refractivity contribution in [2.45, 2.75) is 18.9 Å². The van der Waals surface area contributed by atoms with Gasteiger partial charge in [-0.1, -0.05) is 0 Å². The Kier molecular flexibility index (Phi) is 5.63. The van der Waals surface area contributed by atoms with E-state index in [-0.39, 0.29) is 0 Å². The molecule has 0 bridgehead atoms. The van der Waals surface area contributed by atoms with Crippen molar-refractivity contribution in [2.75, 3.05) is 33.4 Å². The average molecular weight is 333 g/mol. The Morgan fingerprint density at radius 3 is 3.11 bits per heavy atom. The summed E-state index contributed by atoms with van der Waals surface area (Å²) in [7, 11) is 1.79. The summed E-state index contributed by atoms with van der Waals surface area (Å²) in [6.45, 7) is 3.80. The summed E-state index contributed by atoms with van der Waals surface area (Å²) in [5, 5.41) is 2.13. The lowest BCUT2D eigenvalue weighted by atomic mass is 9.97. The topological polar surface area (TPSA) is 38.5 Å². The third-order valence-electron chi connectivity index (χ3n) is 3.53. The maximum absolute atomic E-state index is 5.98. The molecule has 1 fully saturated rings. The molecule has 1 saturated heterocycles. The van der Waals surface area contributed by atoms with Crippen molar-refractivity contribution in [3.63, 3.8) is 0 Å². The van der Waals surface area contributed by atoms with Crippen molar-refractivity contribution >= 4 is 27.3 Å². The van der Waals surface area contributed by atoms with Crippen LogP contribution in [0.3, 0.4) is 0 Å². The smallest absolute Gasteiger partial charge is 0.0564 e. The van der Waals surface area contributed by atoms with E-state index in [0.29, 0.717) is 18.5 Å². The first-order valence-electron chi connectivity index (χ1n) is 6.41. The summed E-state index contributed by atoms with van der Waals surface area (Å²) < 4.78 is 6.45. The minimum atomic E-state index is 0.362. The fourth-order valence-electron chi connectivity index (χ4n) is 2.70. The lowest BCUT2D eigenvalue weighted by molar-refractivity contribution is 0.0705. The SMILES string of the molecule is COCC1CCCN(C(CN)c2cc(Br)cs2)C1. The molecule has 2 atom stereocenters. The van der Waals surface area contributed by atoms with Crippen LogP contribution in [0.2, 0.25) is 0 Å². The minimum Gasteiger partial charge on any atom is -0.384 e. The van der Waals surface area contributed by atoms with Gasteiger partial charge in [0.15, 0.2) is 0 Å². The highest BCUT2D eigenvalue weighted by Gasteiger charge is 2.26. The monoisotopic (exact) mass is 332 g/mol. The van der Waals surface area contributed by atoms with Crippen molar-refractivity contribution in [1.82, 2.24) is 4.90 Å². The molecule has 0 aliphatic carbocycles. The number of rotatable bonds is 5. The van der Waals surface area contributed by atoms with Crippen molar-refractivity contribution in [1.29, 1.82) is 0 Å². The van der Waals surface area contributed by atoms with Gasteiger partial charge in [0.1, 0.15) is 0 Å². The van der Waals surface area contributed by atoms with Gasteiger partial charge in [-0.25, -0.2) is 0 Å². The van der Waals surface area contributed by atoms with Gasteiger partial charge in [0.25, 0.3) is 0 Å². The van der Waals surface area contributed by atoms with E-state index in [4.69, 9.17) is 10.5 Å². The standard InChI is InChI=1S/C13H21BrN2OS/c1-17-8-10-3-2-4-16(7-10)12(6-15)13-5-11(14)9-18-13/h5,9-10,12H,2-4,6-8,15H2,1H3. The highest BCUT2D eigenvalue weighted by atomic mass is 79.9. The zero-order valence-electron chi connectivity index (χ0n) is 10.8. The van der Waals surface area contributed by atoms with Gasteiger partial charge in [0, 0.05) is 34.9 Å². The van der Waals surface area contributed by atoms with Crippen molar-refractivity contribution < 1.29 is 4.74 Å².